The molecule has 2 saturated heterocycles. The minimum Gasteiger partial charge on any atom is -0.392 e. The Kier molecular flexibility index (Phi) is 12.7. The van der Waals surface area contributed by atoms with Gasteiger partial charge in [-0.3, -0.25) is 4.79 Å². The van der Waals surface area contributed by atoms with Crippen molar-refractivity contribution in [2.24, 2.45) is 0 Å². The third-order valence-electron chi connectivity index (χ3n) is 9.68. The molecule has 2 heterocycles. The van der Waals surface area contributed by atoms with Gasteiger partial charge in [0.15, 0.2) is 6.29 Å². The normalized spacial score (nSPS) is 20.9. The van der Waals surface area contributed by atoms with Crippen LogP contribution in [-0.2, 0) is 37.3 Å². The van der Waals surface area contributed by atoms with Gasteiger partial charge in [0.1, 0.15) is 6.04 Å². The average molecular weight is 712 g/mol. The van der Waals surface area contributed by atoms with Gasteiger partial charge in [0.25, 0.3) is 0 Å². The van der Waals surface area contributed by atoms with E-state index in [1.165, 1.54) is 32.1 Å². The summed E-state index contributed by atoms with van der Waals surface area (Å²) in [6, 6.07) is 30.1. The molecule has 1 amide bonds. The smallest absolute Gasteiger partial charge is 0.242 e. The van der Waals surface area contributed by atoms with Crippen LogP contribution in [0.5, 0.6) is 0 Å². The first-order chi connectivity index (χ1) is 24.8. The molecule has 3 N–H and O–H groups in total. The lowest BCUT2D eigenvalue weighted by Gasteiger charge is -2.39. The number of benzene rings is 4. The summed E-state index contributed by atoms with van der Waals surface area (Å²) in [5.74, 6) is -0.478. The number of aliphatic hydroxyl groups is 1. The Bertz CT molecular complexity index is 1810. The average Bonchev–Trinajstić information content (AvgIpc) is 3.13. The van der Waals surface area contributed by atoms with Gasteiger partial charge in [-0.1, -0.05) is 104 Å². The summed E-state index contributed by atoms with van der Waals surface area (Å²) >= 11 is 0. The topological polar surface area (TPSA) is 117 Å². The number of hydrogen-bond acceptors (Lipinski definition) is 7. The quantitative estimate of drug-likeness (QED) is 0.148. The van der Waals surface area contributed by atoms with E-state index < -0.39 is 28.3 Å². The lowest BCUT2D eigenvalue weighted by Crippen LogP contribution is -2.45. The molecule has 4 aromatic carbocycles. The first kappa shape index (κ1) is 36.9. The molecular weight excluding hydrogens is 663 g/mol. The molecule has 2 fully saturated rings. The number of aryl methyl sites for hydroxylation is 1. The second kappa shape index (κ2) is 17.5. The van der Waals surface area contributed by atoms with Crippen molar-refractivity contribution in [3.63, 3.8) is 0 Å². The first-order valence-corrected chi connectivity index (χ1v) is 19.5. The highest BCUT2D eigenvalue weighted by molar-refractivity contribution is 7.89. The fourth-order valence-electron chi connectivity index (χ4n) is 6.82. The molecule has 51 heavy (non-hydrogen) atoms. The number of carbonyl (C=O) groups is 1. The van der Waals surface area contributed by atoms with Crippen molar-refractivity contribution in [3.8, 4) is 0 Å². The zero-order valence-corrected chi connectivity index (χ0v) is 30.1. The maximum Gasteiger partial charge on any atom is 0.242 e. The van der Waals surface area contributed by atoms with Crippen LogP contribution < -0.4 is 10.0 Å². The summed E-state index contributed by atoms with van der Waals surface area (Å²) < 4.78 is 42.7. The third kappa shape index (κ3) is 10.3. The van der Waals surface area contributed by atoms with Gasteiger partial charge < -0.3 is 24.8 Å². The summed E-state index contributed by atoms with van der Waals surface area (Å²) in [4.78, 5) is 16.5. The minimum atomic E-state index is -3.99. The second-order valence-electron chi connectivity index (χ2n) is 13.7. The van der Waals surface area contributed by atoms with Gasteiger partial charge in [-0.15, -0.1) is 0 Å². The fraction of sp³-hybridized carbons (Fsp3) is 0.390. The van der Waals surface area contributed by atoms with Crippen LogP contribution in [0.15, 0.2) is 108 Å². The van der Waals surface area contributed by atoms with Gasteiger partial charge >= 0.3 is 0 Å². The van der Waals surface area contributed by atoms with Gasteiger partial charge in [0, 0.05) is 24.2 Å². The Balaban J connectivity index is 1.21. The molecule has 2 aliphatic rings. The van der Waals surface area contributed by atoms with E-state index in [1.54, 1.807) is 30.3 Å². The maximum absolute atomic E-state index is 13.9. The first-order valence-electron chi connectivity index (χ1n) is 18.0. The Morgan fingerprint density at radius 1 is 0.824 bits per heavy atom. The minimum absolute atomic E-state index is 0.0206. The standard InChI is InChI=1S/C41H49N3O6S/c1-30-15-21-37(22-16-30)51(47,48)43-38(25-31-11-6-5-7-12-31)40(46)42-35-14-10-13-34(26-35)41-49-36(28-44-23-8-3-2-4-9-24-44)27-39(50-41)33-19-17-32(29-45)18-20-33/h5-7,10-22,26,36,38-39,41,43,45H,2-4,8-9,23-25,27-29H2,1H3,(H,42,46)/t36-,38+,39+,41+/m0/s1. The molecule has 10 heteroatoms. The zero-order valence-electron chi connectivity index (χ0n) is 29.2. The van der Waals surface area contributed by atoms with Crippen LogP contribution in [-0.4, -0.2) is 56.1 Å². The number of sulfonamides is 1. The van der Waals surface area contributed by atoms with Crippen LogP contribution in [0, 0.1) is 6.92 Å². The van der Waals surface area contributed by atoms with Crippen molar-refractivity contribution < 1.29 is 27.8 Å². The Hall–Kier alpha value is -3.90. The van der Waals surface area contributed by atoms with E-state index in [2.05, 4.69) is 14.9 Å². The molecule has 270 valence electrons. The van der Waals surface area contributed by atoms with Crippen molar-refractivity contribution in [1.29, 1.82) is 0 Å². The molecule has 0 bridgehead atoms. The lowest BCUT2D eigenvalue weighted by atomic mass is 9.99. The summed E-state index contributed by atoms with van der Waals surface area (Å²) in [7, 11) is -3.99. The second-order valence-corrected chi connectivity index (χ2v) is 15.4. The van der Waals surface area contributed by atoms with E-state index >= 15 is 0 Å². The Morgan fingerprint density at radius 2 is 1.53 bits per heavy atom. The van der Waals surface area contributed by atoms with E-state index in [9.17, 15) is 18.3 Å². The fourth-order valence-corrected chi connectivity index (χ4v) is 8.01. The van der Waals surface area contributed by atoms with Gasteiger partial charge in [0.05, 0.1) is 23.7 Å². The Labute approximate surface area is 302 Å². The predicted octanol–water partition coefficient (Wildman–Crippen LogP) is 6.83. The van der Waals surface area contributed by atoms with Crippen LogP contribution in [0.1, 0.15) is 78.7 Å². The molecule has 0 unspecified atom stereocenters. The maximum atomic E-state index is 13.9. The zero-order chi connectivity index (χ0) is 35.6. The van der Waals surface area contributed by atoms with Crippen LogP contribution in [0.2, 0.25) is 0 Å². The van der Waals surface area contributed by atoms with Crippen molar-refractivity contribution in [3.05, 3.63) is 131 Å². The molecule has 6 rings (SSSR count). The molecule has 4 atom stereocenters. The molecule has 0 aliphatic carbocycles. The summed E-state index contributed by atoms with van der Waals surface area (Å²) in [5.41, 5.74) is 4.88. The number of amides is 1. The number of aliphatic hydroxyl groups excluding tert-OH is 1. The van der Waals surface area contributed by atoms with Gasteiger partial charge in [-0.2, -0.15) is 4.72 Å². The lowest BCUT2D eigenvalue weighted by molar-refractivity contribution is -0.253. The number of anilines is 1. The number of rotatable bonds is 12. The summed E-state index contributed by atoms with van der Waals surface area (Å²) in [6.07, 6.45) is 6.07. The van der Waals surface area contributed by atoms with Crippen LogP contribution >= 0.6 is 0 Å². The van der Waals surface area contributed by atoms with Crippen molar-refractivity contribution in [1.82, 2.24) is 9.62 Å². The molecule has 0 spiro atoms. The van der Waals surface area contributed by atoms with Crippen molar-refractivity contribution in [2.45, 2.75) is 87.9 Å². The molecule has 0 saturated carbocycles. The largest absolute Gasteiger partial charge is 0.392 e. The van der Waals surface area contributed by atoms with E-state index in [0.29, 0.717) is 12.1 Å². The van der Waals surface area contributed by atoms with E-state index in [4.69, 9.17) is 9.47 Å². The number of ether oxygens (including phenoxy) is 2. The molecule has 4 aromatic rings. The van der Waals surface area contributed by atoms with Crippen LogP contribution in [0.4, 0.5) is 5.69 Å². The van der Waals surface area contributed by atoms with E-state index in [0.717, 1.165) is 47.5 Å². The third-order valence-corrected chi connectivity index (χ3v) is 11.2. The van der Waals surface area contributed by atoms with Crippen LogP contribution in [0.25, 0.3) is 0 Å². The number of nitrogens with zero attached hydrogens (tertiary/aromatic N) is 1. The molecular formula is C41H49N3O6S. The predicted molar refractivity (Wildman–Crippen MR) is 198 cm³/mol. The van der Waals surface area contributed by atoms with Crippen LogP contribution in [0.3, 0.4) is 0 Å². The highest BCUT2D eigenvalue weighted by Gasteiger charge is 2.34. The van der Waals surface area contributed by atoms with E-state index in [1.807, 2.05) is 79.7 Å². The molecule has 2 aliphatic heterocycles. The van der Waals surface area contributed by atoms with Gasteiger partial charge in [-0.05, 0) is 80.2 Å². The number of carbonyl (C=O) groups excluding carboxylic acids is 1. The number of hydrogen-bond donors (Lipinski definition) is 3. The van der Waals surface area contributed by atoms with Crippen molar-refractivity contribution >= 4 is 21.6 Å². The highest BCUT2D eigenvalue weighted by atomic mass is 32.2. The summed E-state index contributed by atoms with van der Waals surface area (Å²) in [5, 5.41) is 12.6. The monoisotopic (exact) mass is 711 g/mol. The van der Waals surface area contributed by atoms with E-state index in [-0.39, 0.29) is 30.1 Å². The number of likely N-dealkylation sites (tertiary alicyclic amines) is 1. The Morgan fingerprint density at radius 3 is 2.24 bits per heavy atom. The molecule has 0 radical (unpaired) electrons. The van der Waals surface area contributed by atoms with Gasteiger partial charge in [-0.25, -0.2) is 8.42 Å². The molecule has 9 nitrogen and oxygen atoms in total. The van der Waals surface area contributed by atoms with Crippen molar-refractivity contribution in [2.75, 3.05) is 25.0 Å². The highest BCUT2D eigenvalue weighted by Crippen LogP contribution is 2.39. The molecule has 0 aromatic heterocycles. The SMILES string of the molecule is Cc1ccc(S(=O)(=O)N[C@H](Cc2ccccc2)C(=O)Nc2cccc([C@@H]3O[C@H](CN4CCCCCCC4)C[C@H](c4ccc(CO)cc4)O3)c2)cc1. The summed E-state index contributed by atoms with van der Waals surface area (Å²) in [6.45, 7) is 4.79. The number of nitrogens with one attached hydrogen (secondary N) is 2. The van der Waals surface area contributed by atoms with Gasteiger partial charge in [0.2, 0.25) is 15.9 Å².